The van der Waals surface area contributed by atoms with E-state index in [1.807, 2.05) is 11.9 Å². The first kappa shape index (κ1) is 21.8. The number of nitro benzene ring substituents is 1. The Labute approximate surface area is 167 Å². The predicted molar refractivity (Wildman–Crippen MR) is 105 cm³/mol. The van der Waals surface area contributed by atoms with Crippen molar-refractivity contribution in [1.29, 1.82) is 0 Å². The second-order valence-corrected chi connectivity index (χ2v) is 7.11. The van der Waals surface area contributed by atoms with Crippen molar-refractivity contribution in [1.82, 2.24) is 10.2 Å². The average molecular weight is 407 g/mol. The molecule has 0 atom stereocenters. The van der Waals surface area contributed by atoms with Crippen molar-refractivity contribution >= 4 is 23.4 Å². The van der Waals surface area contributed by atoms with Crippen molar-refractivity contribution in [2.45, 2.75) is 9.79 Å². The van der Waals surface area contributed by atoms with Gasteiger partial charge in [-0.05, 0) is 25.2 Å². The highest BCUT2D eigenvalue weighted by molar-refractivity contribution is 7.99. The van der Waals surface area contributed by atoms with Crippen LogP contribution >= 0.6 is 11.8 Å². The molecule has 0 spiro atoms. The molecule has 0 radical (unpaired) electrons. The fourth-order valence-electron chi connectivity index (χ4n) is 2.36. The van der Waals surface area contributed by atoms with Crippen LogP contribution < -0.4 is 5.32 Å². The molecule has 28 heavy (non-hydrogen) atoms. The zero-order valence-corrected chi connectivity index (χ0v) is 16.5. The van der Waals surface area contributed by atoms with Crippen molar-refractivity contribution in [3.63, 3.8) is 0 Å². The number of ether oxygens (including phenoxy) is 1. The summed E-state index contributed by atoms with van der Waals surface area (Å²) < 4.78 is 19.0. The molecule has 2 rings (SSSR count). The van der Waals surface area contributed by atoms with Gasteiger partial charge in [0.05, 0.1) is 17.1 Å². The molecule has 150 valence electrons. The van der Waals surface area contributed by atoms with E-state index >= 15 is 0 Å². The molecule has 9 heteroatoms. The summed E-state index contributed by atoms with van der Waals surface area (Å²) in [6.45, 7) is 2.27. The Bertz CT molecular complexity index is 835. The number of carbonyl (C=O) groups is 1. The smallest absolute Gasteiger partial charge is 0.270 e. The number of rotatable bonds is 10. The van der Waals surface area contributed by atoms with Crippen LogP contribution in [-0.4, -0.2) is 56.1 Å². The quantitative estimate of drug-likeness (QED) is 0.481. The Morgan fingerprint density at radius 2 is 2.00 bits per heavy atom. The Morgan fingerprint density at radius 3 is 2.68 bits per heavy atom. The fourth-order valence-corrected chi connectivity index (χ4v) is 3.31. The minimum absolute atomic E-state index is 0.141. The number of benzene rings is 2. The second kappa shape index (κ2) is 10.7. The zero-order chi connectivity index (χ0) is 20.5. The van der Waals surface area contributed by atoms with Crippen LogP contribution in [-0.2, 0) is 4.74 Å². The Balaban J connectivity index is 2.15. The highest BCUT2D eigenvalue weighted by atomic mass is 32.2. The molecular formula is C19H22FN3O4S. The topological polar surface area (TPSA) is 84.7 Å². The van der Waals surface area contributed by atoms with Gasteiger partial charge in [-0.1, -0.05) is 23.9 Å². The van der Waals surface area contributed by atoms with E-state index in [4.69, 9.17) is 4.74 Å². The largest absolute Gasteiger partial charge is 0.383 e. The minimum Gasteiger partial charge on any atom is -0.383 e. The van der Waals surface area contributed by atoms with Crippen LogP contribution in [0, 0.1) is 15.9 Å². The van der Waals surface area contributed by atoms with E-state index in [0.29, 0.717) is 29.5 Å². The molecule has 0 aromatic heterocycles. The maximum atomic E-state index is 14.0. The van der Waals surface area contributed by atoms with Gasteiger partial charge >= 0.3 is 0 Å². The molecule has 0 aliphatic rings. The van der Waals surface area contributed by atoms with Gasteiger partial charge in [0.2, 0.25) is 0 Å². The van der Waals surface area contributed by atoms with Crippen molar-refractivity contribution in [2.75, 3.05) is 40.4 Å². The molecule has 1 amide bonds. The molecular weight excluding hydrogens is 385 g/mol. The third-order valence-corrected chi connectivity index (χ3v) is 5.06. The van der Waals surface area contributed by atoms with Crippen molar-refractivity contribution in [3.8, 4) is 0 Å². The Hall–Kier alpha value is -2.49. The first-order chi connectivity index (χ1) is 13.4. The second-order valence-electron chi connectivity index (χ2n) is 6.02. The number of carbonyl (C=O) groups excluding carboxylic acids is 1. The third kappa shape index (κ3) is 6.29. The van der Waals surface area contributed by atoms with Crippen LogP contribution in [0.3, 0.4) is 0 Å². The van der Waals surface area contributed by atoms with Gasteiger partial charge in [-0.15, -0.1) is 0 Å². The van der Waals surface area contributed by atoms with Crippen LogP contribution in [0.25, 0.3) is 0 Å². The lowest BCUT2D eigenvalue weighted by Crippen LogP contribution is -2.34. The number of non-ortho nitro benzene ring substituents is 1. The summed E-state index contributed by atoms with van der Waals surface area (Å²) in [6.07, 6.45) is 0. The summed E-state index contributed by atoms with van der Waals surface area (Å²) in [6, 6.07) is 10.2. The monoisotopic (exact) mass is 407 g/mol. The first-order valence-electron chi connectivity index (χ1n) is 8.59. The number of hydrogen-bond acceptors (Lipinski definition) is 6. The lowest BCUT2D eigenvalue weighted by Gasteiger charge is -2.16. The highest BCUT2D eigenvalue weighted by Crippen LogP contribution is 2.33. The van der Waals surface area contributed by atoms with Crippen molar-refractivity contribution < 1.29 is 18.8 Å². The van der Waals surface area contributed by atoms with Gasteiger partial charge in [-0.25, -0.2) is 4.39 Å². The van der Waals surface area contributed by atoms with Gasteiger partial charge in [-0.2, -0.15) is 0 Å². The molecule has 0 saturated carbocycles. The van der Waals surface area contributed by atoms with Crippen molar-refractivity contribution in [2.24, 2.45) is 0 Å². The van der Waals surface area contributed by atoms with Gasteiger partial charge in [0.15, 0.2) is 0 Å². The number of amides is 1. The summed E-state index contributed by atoms with van der Waals surface area (Å²) >= 11 is 1.06. The number of hydrogen-bond donors (Lipinski definition) is 1. The average Bonchev–Trinajstić information content (AvgIpc) is 2.68. The van der Waals surface area contributed by atoms with E-state index < -0.39 is 16.6 Å². The number of methoxy groups -OCH3 is 1. The minimum atomic E-state index is -0.563. The number of nitro groups is 1. The molecule has 2 aromatic rings. The normalized spacial score (nSPS) is 10.9. The summed E-state index contributed by atoms with van der Waals surface area (Å²) in [5, 5.41) is 13.9. The maximum absolute atomic E-state index is 14.0. The Kier molecular flexibility index (Phi) is 8.37. The standard InChI is InChI=1S/C19H22FN3O4S/c1-22(11-12-27-2)10-9-21-19(24)15-13-14(23(25)26)7-8-17(15)28-18-6-4-3-5-16(18)20/h3-8,13H,9-12H2,1-2H3,(H,21,24). The molecule has 0 bridgehead atoms. The van der Waals surface area contributed by atoms with Crippen LogP contribution in [0.2, 0.25) is 0 Å². The van der Waals surface area contributed by atoms with Crippen LogP contribution in [0.15, 0.2) is 52.3 Å². The van der Waals surface area contributed by atoms with Gasteiger partial charge in [0.25, 0.3) is 11.6 Å². The van der Waals surface area contributed by atoms with Gasteiger partial charge in [-0.3, -0.25) is 14.9 Å². The van der Waals surface area contributed by atoms with E-state index in [2.05, 4.69) is 5.32 Å². The molecule has 0 heterocycles. The molecule has 0 fully saturated rings. The van der Waals surface area contributed by atoms with E-state index in [9.17, 15) is 19.3 Å². The number of nitrogens with zero attached hydrogens (tertiary/aromatic N) is 2. The number of nitrogens with one attached hydrogen (secondary N) is 1. The molecule has 2 aromatic carbocycles. The first-order valence-corrected chi connectivity index (χ1v) is 9.40. The molecule has 7 nitrogen and oxygen atoms in total. The molecule has 0 aliphatic carbocycles. The Morgan fingerprint density at radius 1 is 1.25 bits per heavy atom. The highest BCUT2D eigenvalue weighted by Gasteiger charge is 2.18. The SMILES string of the molecule is COCCN(C)CCNC(=O)c1cc([N+](=O)[O-])ccc1Sc1ccccc1F. The maximum Gasteiger partial charge on any atom is 0.270 e. The van der Waals surface area contributed by atoms with Gasteiger partial charge in [0, 0.05) is 48.7 Å². The summed E-state index contributed by atoms with van der Waals surface area (Å²) in [4.78, 5) is 25.9. The van der Waals surface area contributed by atoms with Gasteiger partial charge < -0.3 is 15.0 Å². The van der Waals surface area contributed by atoms with E-state index in [1.165, 1.54) is 24.3 Å². The lowest BCUT2D eigenvalue weighted by molar-refractivity contribution is -0.384. The van der Waals surface area contributed by atoms with E-state index in [-0.39, 0.29) is 11.3 Å². The molecule has 0 unspecified atom stereocenters. The summed E-state index contributed by atoms with van der Waals surface area (Å²) in [5.74, 6) is -0.861. The third-order valence-electron chi connectivity index (χ3n) is 3.93. The van der Waals surface area contributed by atoms with E-state index in [0.717, 1.165) is 18.3 Å². The fraction of sp³-hybridized carbons (Fsp3) is 0.316. The number of halogens is 1. The predicted octanol–water partition coefficient (Wildman–Crippen LogP) is 3.19. The molecule has 1 N–H and O–H groups in total. The van der Waals surface area contributed by atoms with Gasteiger partial charge in [0.1, 0.15) is 5.82 Å². The van der Waals surface area contributed by atoms with E-state index in [1.54, 1.807) is 25.3 Å². The zero-order valence-electron chi connectivity index (χ0n) is 15.7. The summed E-state index contributed by atoms with van der Waals surface area (Å²) in [5.41, 5.74) is -0.0535. The molecule has 0 aliphatic heterocycles. The lowest BCUT2D eigenvalue weighted by atomic mass is 10.2. The molecule has 0 saturated heterocycles. The van der Waals surface area contributed by atoms with Crippen LogP contribution in [0.5, 0.6) is 0 Å². The summed E-state index contributed by atoms with van der Waals surface area (Å²) in [7, 11) is 3.52. The van der Waals surface area contributed by atoms with Crippen LogP contribution in [0.1, 0.15) is 10.4 Å². The van der Waals surface area contributed by atoms with Crippen LogP contribution in [0.4, 0.5) is 10.1 Å². The van der Waals surface area contributed by atoms with Crippen molar-refractivity contribution in [3.05, 3.63) is 64.0 Å². The number of likely N-dealkylation sites (N-methyl/N-ethyl adjacent to an activating group) is 1.